The van der Waals surface area contributed by atoms with Crippen LogP contribution in [-0.4, -0.2) is 38.3 Å². The molecule has 3 aromatic rings. The van der Waals surface area contributed by atoms with Gasteiger partial charge >= 0.3 is 0 Å². The molecule has 1 heterocycles. The van der Waals surface area contributed by atoms with Crippen LogP contribution in [0.3, 0.4) is 0 Å². The molecule has 0 radical (unpaired) electrons. The number of carbonyl (C=O) groups is 1. The maximum Gasteiger partial charge on any atom is 0.251 e. The van der Waals surface area contributed by atoms with Gasteiger partial charge in [-0.2, -0.15) is 0 Å². The highest BCUT2D eigenvalue weighted by Crippen LogP contribution is 2.21. The molecule has 142 valence electrons. The van der Waals surface area contributed by atoms with Crippen molar-refractivity contribution in [3.63, 3.8) is 0 Å². The highest BCUT2D eigenvalue weighted by molar-refractivity contribution is 7.91. The third kappa shape index (κ3) is 3.98. The Morgan fingerprint density at radius 3 is 2.52 bits per heavy atom. The molecular formula is C20H22N2O4S. The molecule has 6 nitrogen and oxygen atoms in total. The van der Waals surface area contributed by atoms with E-state index in [0.29, 0.717) is 11.3 Å². The number of fused-ring (bicyclic) bond motifs is 1. The number of hydrogen-bond acceptors (Lipinski definition) is 4. The predicted octanol–water partition coefficient (Wildman–Crippen LogP) is 2.70. The van der Waals surface area contributed by atoms with Crippen molar-refractivity contribution in [2.45, 2.75) is 11.8 Å². The van der Waals surface area contributed by atoms with Gasteiger partial charge in [-0.1, -0.05) is 0 Å². The van der Waals surface area contributed by atoms with Crippen LogP contribution in [0.2, 0.25) is 0 Å². The molecule has 0 aliphatic heterocycles. The number of nitrogens with zero attached hydrogens (tertiary/aromatic N) is 1. The Hall–Kier alpha value is -2.80. The number of aromatic nitrogens is 1. The number of sulfone groups is 1. The minimum absolute atomic E-state index is 0.0407. The van der Waals surface area contributed by atoms with E-state index in [1.807, 2.05) is 36.9 Å². The largest absolute Gasteiger partial charge is 0.497 e. The first-order valence-corrected chi connectivity index (χ1v) is 10.2. The monoisotopic (exact) mass is 386 g/mol. The molecule has 0 atom stereocenters. The molecule has 0 saturated carbocycles. The van der Waals surface area contributed by atoms with E-state index in [9.17, 15) is 13.2 Å². The van der Waals surface area contributed by atoms with Crippen molar-refractivity contribution in [2.75, 3.05) is 19.4 Å². The molecule has 0 unspecified atom stereocenters. The first kappa shape index (κ1) is 19.0. The van der Waals surface area contributed by atoms with Gasteiger partial charge in [0, 0.05) is 36.3 Å². The fourth-order valence-corrected chi connectivity index (χ4v) is 4.19. The molecule has 2 aromatic carbocycles. The minimum Gasteiger partial charge on any atom is -0.497 e. The van der Waals surface area contributed by atoms with Crippen LogP contribution in [0.5, 0.6) is 5.75 Å². The Labute approximate surface area is 158 Å². The molecule has 0 saturated heterocycles. The van der Waals surface area contributed by atoms with Crippen molar-refractivity contribution in [1.82, 2.24) is 9.88 Å². The summed E-state index contributed by atoms with van der Waals surface area (Å²) in [6, 6.07) is 11.7. The van der Waals surface area contributed by atoms with Gasteiger partial charge in [-0.05, 0) is 55.0 Å². The van der Waals surface area contributed by atoms with Crippen LogP contribution in [0.1, 0.15) is 15.9 Å². The van der Waals surface area contributed by atoms with Gasteiger partial charge in [-0.25, -0.2) is 8.42 Å². The molecule has 0 spiro atoms. The Kier molecular flexibility index (Phi) is 5.23. The number of carbonyl (C=O) groups excluding carboxylic acids is 1. The second-order valence-corrected chi connectivity index (χ2v) is 8.51. The zero-order valence-electron chi connectivity index (χ0n) is 15.5. The topological polar surface area (TPSA) is 77.4 Å². The summed E-state index contributed by atoms with van der Waals surface area (Å²) in [5.74, 6) is 0.136. The van der Waals surface area contributed by atoms with Crippen LogP contribution >= 0.6 is 0 Å². The fourth-order valence-electron chi connectivity index (χ4n) is 3.03. The SMILES string of the molecule is COc1ccc(S(=O)(=O)CCNC(=O)c2ccc3c(c2)c(C)cn3C)cc1. The number of methoxy groups -OCH3 is 1. The summed E-state index contributed by atoms with van der Waals surface area (Å²) in [5.41, 5.74) is 2.65. The van der Waals surface area contributed by atoms with Crippen LogP contribution in [0.25, 0.3) is 10.9 Å². The molecule has 0 aliphatic rings. The van der Waals surface area contributed by atoms with E-state index >= 15 is 0 Å². The van der Waals surface area contributed by atoms with Crippen LogP contribution in [0, 0.1) is 6.92 Å². The number of hydrogen-bond donors (Lipinski definition) is 1. The maximum absolute atomic E-state index is 12.4. The lowest BCUT2D eigenvalue weighted by atomic mass is 10.1. The van der Waals surface area contributed by atoms with Crippen LogP contribution in [0.15, 0.2) is 53.6 Å². The average molecular weight is 386 g/mol. The number of ether oxygens (including phenoxy) is 1. The highest BCUT2D eigenvalue weighted by atomic mass is 32.2. The summed E-state index contributed by atoms with van der Waals surface area (Å²) < 4.78 is 31.8. The Balaban J connectivity index is 1.65. The molecule has 1 aromatic heterocycles. The smallest absolute Gasteiger partial charge is 0.251 e. The summed E-state index contributed by atoms with van der Waals surface area (Å²) in [6.45, 7) is 2.03. The number of rotatable bonds is 6. The molecule has 3 rings (SSSR count). The third-order valence-corrected chi connectivity index (χ3v) is 6.26. The zero-order chi connectivity index (χ0) is 19.6. The number of benzene rings is 2. The number of amides is 1. The van der Waals surface area contributed by atoms with E-state index in [1.54, 1.807) is 18.2 Å². The highest BCUT2D eigenvalue weighted by Gasteiger charge is 2.16. The Morgan fingerprint density at radius 1 is 1.15 bits per heavy atom. The van der Waals surface area contributed by atoms with Gasteiger partial charge in [0.25, 0.3) is 5.91 Å². The van der Waals surface area contributed by atoms with E-state index in [2.05, 4.69) is 5.32 Å². The van der Waals surface area contributed by atoms with Crippen LogP contribution in [0.4, 0.5) is 0 Å². The van der Waals surface area contributed by atoms with Gasteiger partial charge in [0.15, 0.2) is 9.84 Å². The van der Waals surface area contributed by atoms with Crippen molar-refractivity contribution >= 4 is 26.6 Å². The quantitative estimate of drug-likeness (QED) is 0.707. The third-order valence-electron chi connectivity index (χ3n) is 4.53. The molecule has 7 heteroatoms. The summed E-state index contributed by atoms with van der Waals surface area (Å²) in [7, 11) is 0.00382. The molecule has 0 bridgehead atoms. The molecular weight excluding hydrogens is 364 g/mol. The molecule has 1 N–H and O–H groups in total. The molecule has 1 amide bonds. The fraction of sp³-hybridized carbons (Fsp3) is 0.250. The van der Waals surface area contributed by atoms with Crippen molar-refractivity contribution < 1.29 is 17.9 Å². The summed E-state index contributed by atoms with van der Waals surface area (Å²) >= 11 is 0. The minimum atomic E-state index is -3.47. The summed E-state index contributed by atoms with van der Waals surface area (Å²) in [4.78, 5) is 12.6. The van der Waals surface area contributed by atoms with E-state index in [0.717, 1.165) is 16.5 Å². The average Bonchev–Trinajstić information content (AvgIpc) is 2.95. The number of aryl methyl sites for hydroxylation is 2. The predicted molar refractivity (Wildman–Crippen MR) is 105 cm³/mol. The first-order valence-electron chi connectivity index (χ1n) is 8.52. The Morgan fingerprint density at radius 2 is 1.85 bits per heavy atom. The molecule has 0 fully saturated rings. The van der Waals surface area contributed by atoms with Gasteiger partial charge in [-0.15, -0.1) is 0 Å². The van der Waals surface area contributed by atoms with Crippen LogP contribution in [-0.2, 0) is 16.9 Å². The maximum atomic E-state index is 12.4. The second-order valence-electron chi connectivity index (χ2n) is 6.41. The second kappa shape index (κ2) is 7.44. The van der Waals surface area contributed by atoms with Gasteiger partial charge in [0.1, 0.15) is 5.75 Å². The van der Waals surface area contributed by atoms with E-state index in [4.69, 9.17) is 4.74 Å². The summed E-state index contributed by atoms with van der Waals surface area (Å²) in [5, 5.41) is 3.70. The normalized spacial score (nSPS) is 11.5. The van der Waals surface area contributed by atoms with E-state index < -0.39 is 9.84 Å². The lowest BCUT2D eigenvalue weighted by molar-refractivity contribution is 0.0956. The first-order chi connectivity index (χ1) is 12.8. The lowest BCUT2D eigenvalue weighted by Gasteiger charge is -2.08. The van der Waals surface area contributed by atoms with Crippen molar-refractivity contribution in [2.24, 2.45) is 7.05 Å². The van der Waals surface area contributed by atoms with Gasteiger partial charge in [0.05, 0.1) is 17.8 Å². The standard InChI is InChI=1S/C20H22N2O4S/c1-14-13-22(2)19-9-4-15(12-18(14)19)20(23)21-10-11-27(24,25)17-7-5-16(26-3)6-8-17/h4-9,12-13H,10-11H2,1-3H3,(H,21,23). The van der Waals surface area contributed by atoms with Gasteiger partial charge in [-0.3, -0.25) is 4.79 Å². The number of nitrogens with one attached hydrogen (secondary N) is 1. The zero-order valence-corrected chi connectivity index (χ0v) is 16.3. The van der Waals surface area contributed by atoms with E-state index in [1.165, 1.54) is 19.2 Å². The van der Waals surface area contributed by atoms with Crippen LogP contribution < -0.4 is 10.1 Å². The Bertz CT molecular complexity index is 1080. The molecule has 0 aliphatic carbocycles. The van der Waals surface area contributed by atoms with Gasteiger partial charge in [0.2, 0.25) is 0 Å². The van der Waals surface area contributed by atoms with Crippen molar-refractivity contribution in [3.05, 3.63) is 59.8 Å². The van der Waals surface area contributed by atoms with E-state index in [-0.39, 0.29) is 23.1 Å². The van der Waals surface area contributed by atoms with Crippen molar-refractivity contribution in [3.8, 4) is 5.75 Å². The summed E-state index contributed by atoms with van der Waals surface area (Å²) in [6.07, 6.45) is 2.01. The molecule has 27 heavy (non-hydrogen) atoms. The van der Waals surface area contributed by atoms with Crippen molar-refractivity contribution in [1.29, 1.82) is 0 Å². The lowest BCUT2D eigenvalue weighted by Crippen LogP contribution is -2.29. The van der Waals surface area contributed by atoms with Gasteiger partial charge < -0.3 is 14.6 Å².